The van der Waals surface area contributed by atoms with Crippen LogP contribution in [0.1, 0.15) is 10.4 Å². The second-order valence-electron chi connectivity index (χ2n) is 2.54. The summed E-state index contributed by atoms with van der Waals surface area (Å²) in [5.74, 6) is -0.940. The number of carbonyl (C=O) groups is 1. The molecule has 0 atom stereocenters. The summed E-state index contributed by atoms with van der Waals surface area (Å²) in [5.41, 5.74) is 1.63. The van der Waals surface area contributed by atoms with Crippen molar-refractivity contribution in [3.8, 4) is 0 Å². The number of carboxylic acid groups (broad SMARTS) is 1. The summed E-state index contributed by atoms with van der Waals surface area (Å²) in [6.45, 7) is 0. The Hall–Kier alpha value is -1.78. The van der Waals surface area contributed by atoms with Crippen molar-refractivity contribution >= 4 is 17.0 Å². The van der Waals surface area contributed by atoms with E-state index in [9.17, 15) is 4.79 Å². The van der Waals surface area contributed by atoms with Crippen LogP contribution in [0.2, 0.25) is 0 Å². The fourth-order valence-corrected chi connectivity index (χ4v) is 1.24. The maximum absolute atomic E-state index is 10.7. The predicted octanol–water partition coefficient (Wildman–Crippen LogP) is 0.600. The van der Waals surface area contributed by atoms with E-state index >= 15 is 0 Å². The Morgan fingerprint density at radius 2 is 2.50 bits per heavy atom. The van der Waals surface area contributed by atoms with Crippen molar-refractivity contribution in [2.75, 3.05) is 0 Å². The fraction of sp³-hybridized carbons (Fsp3) is 0.143. The molecule has 0 saturated carbocycles. The molecule has 5 heteroatoms. The summed E-state index contributed by atoms with van der Waals surface area (Å²) >= 11 is 0. The zero-order valence-corrected chi connectivity index (χ0v) is 6.40. The van der Waals surface area contributed by atoms with E-state index in [0.717, 1.165) is 5.52 Å². The molecular formula is C7H7N3O2. The van der Waals surface area contributed by atoms with E-state index in [-0.39, 0.29) is 5.56 Å². The van der Waals surface area contributed by atoms with Crippen molar-refractivity contribution in [3.63, 3.8) is 0 Å². The summed E-state index contributed by atoms with van der Waals surface area (Å²) in [6.07, 6.45) is 3.07. The number of hydrogen-bond donors (Lipinski definition) is 2. The number of rotatable bonds is 1. The topological polar surface area (TPSA) is 70.9 Å². The van der Waals surface area contributed by atoms with Crippen LogP contribution in [0.4, 0.5) is 0 Å². The van der Waals surface area contributed by atoms with E-state index in [1.54, 1.807) is 13.2 Å². The van der Waals surface area contributed by atoms with Gasteiger partial charge in [0.1, 0.15) is 11.1 Å². The van der Waals surface area contributed by atoms with Crippen LogP contribution < -0.4 is 0 Å². The van der Waals surface area contributed by atoms with Gasteiger partial charge in [0.15, 0.2) is 0 Å². The number of aromatic carboxylic acids is 1. The zero-order valence-electron chi connectivity index (χ0n) is 6.40. The molecule has 0 radical (unpaired) electrons. The Morgan fingerprint density at radius 1 is 1.75 bits per heavy atom. The van der Waals surface area contributed by atoms with E-state index < -0.39 is 5.97 Å². The first-order valence-corrected chi connectivity index (χ1v) is 3.42. The maximum atomic E-state index is 10.7. The highest BCUT2D eigenvalue weighted by molar-refractivity contribution is 6.01. The standard InChI is InChI=1S/C7H7N3O2/c1-10-6-4(7(11)12)2-8-5(6)3-9-10/h2-3,8H,1H3,(H,11,12). The van der Waals surface area contributed by atoms with Crippen LogP contribution in [-0.4, -0.2) is 25.8 Å². The van der Waals surface area contributed by atoms with Gasteiger partial charge < -0.3 is 10.1 Å². The molecule has 2 aromatic rings. The molecule has 2 heterocycles. The number of nitrogens with zero attached hydrogens (tertiary/aromatic N) is 2. The number of hydrogen-bond acceptors (Lipinski definition) is 2. The molecule has 2 rings (SSSR count). The third-order valence-electron chi connectivity index (χ3n) is 1.80. The lowest BCUT2D eigenvalue weighted by Crippen LogP contribution is -1.98. The second-order valence-corrected chi connectivity index (χ2v) is 2.54. The number of fused-ring (bicyclic) bond motifs is 1. The molecule has 0 amide bonds. The molecule has 0 saturated heterocycles. The lowest BCUT2D eigenvalue weighted by molar-refractivity contribution is 0.0698. The Balaban J connectivity index is 2.83. The quantitative estimate of drug-likeness (QED) is 0.650. The largest absolute Gasteiger partial charge is 0.478 e. The van der Waals surface area contributed by atoms with Crippen LogP contribution in [0.5, 0.6) is 0 Å². The summed E-state index contributed by atoms with van der Waals surface area (Å²) in [5, 5.41) is 12.7. The van der Waals surface area contributed by atoms with Gasteiger partial charge in [-0.1, -0.05) is 0 Å². The average molecular weight is 165 g/mol. The van der Waals surface area contributed by atoms with Crippen LogP contribution in [0, 0.1) is 0 Å². The SMILES string of the molecule is Cn1ncc2[nH]cc(C(=O)O)c21. The molecule has 0 unspecified atom stereocenters. The molecule has 2 N–H and O–H groups in total. The van der Waals surface area contributed by atoms with Crippen molar-refractivity contribution in [1.29, 1.82) is 0 Å². The summed E-state index contributed by atoms with van der Waals surface area (Å²) in [4.78, 5) is 13.5. The monoisotopic (exact) mass is 165 g/mol. The van der Waals surface area contributed by atoms with Gasteiger partial charge in [0, 0.05) is 13.2 Å². The smallest absolute Gasteiger partial charge is 0.339 e. The molecule has 0 aliphatic rings. The number of aryl methyl sites for hydroxylation is 1. The molecule has 0 fully saturated rings. The van der Waals surface area contributed by atoms with Crippen molar-refractivity contribution in [1.82, 2.24) is 14.8 Å². The van der Waals surface area contributed by atoms with Crippen molar-refractivity contribution in [3.05, 3.63) is 18.0 Å². The molecule has 0 aliphatic carbocycles. The number of carboxylic acids is 1. The van der Waals surface area contributed by atoms with E-state index in [1.807, 2.05) is 0 Å². The molecule has 0 aromatic carbocycles. The Morgan fingerprint density at radius 3 is 3.17 bits per heavy atom. The molecule has 5 nitrogen and oxygen atoms in total. The van der Waals surface area contributed by atoms with E-state index in [4.69, 9.17) is 5.11 Å². The highest BCUT2D eigenvalue weighted by Crippen LogP contribution is 2.16. The Bertz CT molecular complexity index is 440. The Kier molecular flexibility index (Phi) is 1.21. The highest BCUT2D eigenvalue weighted by atomic mass is 16.4. The van der Waals surface area contributed by atoms with Crippen LogP contribution >= 0.6 is 0 Å². The third kappa shape index (κ3) is 0.730. The zero-order chi connectivity index (χ0) is 8.72. The molecule has 0 spiro atoms. The molecule has 12 heavy (non-hydrogen) atoms. The van der Waals surface area contributed by atoms with Gasteiger partial charge in [-0.15, -0.1) is 0 Å². The highest BCUT2D eigenvalue weighted by Gasteiger charge is 2.13. The Labute approximate surface area is 67.6 Å². The molecule has 2 aromatic heterocycles. The van der Waals surface area contributed by atoms with Gasteiger partial charge in [0.2, 0.25) is 0 Å². The predicted molar refractivity (Wildman–Crippen MR) is 42.0 cm³/mol. The van der Waals surface area contributed by atoms with Crippen LogP contribution in [0.15, 0.2) is 12.4 Å². The third-order valence-corrected chi connectivity index (χ3v) is 1.80. The van der Waals surface area contributed by atoms with E-state index in [1.165, 1.54) is 10.9 Å². The van der Waals surface area contributed by atoms with Gasteiger partial charge in [-0.25, -0.2) is 4.79 Å². The second kappa shape index (κ2) is 2.10. The van der Waals surface area contributed by atoms with Crippen LogP contribution in [0.3, 0.4) is 0 Å². The van der Waals surface area contributed by atoms with Gasteiger partial charge in [-0.2, -0.15) is 5.10 Å². The minimum Gasteiger partial charge on any atom is -0.478 e. The van der Waals surface area contributed by atoms with E-state index in [0.29, 0.717) is 5.52 Å². The van der Waals surface area contributed by atoms with E-state index in [2.05, 4.69) is 10.1 Å². The van der Waals surface area contributed by atoms with Crippen molar-refractivity contribution in [2.24, 2.45) is 7.05 Å². The van der Waals surface area contributed by atoms with Crippen LogP contribution in [0.25, 0.3) is 11.0 Å². The number of aromatic amines is 1. The summed E-state index contributed by atoms with van der Waals surface area (Å²) < 4.78 is 1.54. The first-order valence-electron chi connectivity index (χ1n) is 3.42. The first kappa shape index (κ1) is 6.90. The minimum absolute atomic E-state index is 0.255. The summed E-state index contributed by atoms with van der Waals surface area (Å²) in [6, 6.07) is 0. The van der Waals surface area contributed by atoms with Gasteiger partial charge in [0.05, 0.1) is 11.7 Å². The van der Waals surface area contributed by atoms with Gasteiger partial charge >= 0.3 is 5.97 Å². The molecular weight excluding hydrogens is 158 g/mol. The number of aromatic nitrogens is 3. The minimum atomic E-state index is -0.940. The molecule has 0 aliphatic heterocycles. The normalized spacial score (nSPS) is 10.8. The lowest BCUT2D eigenvalue weighted by atomic mass is 10.3. The van der Waals surface area contributed by atoms with Gasteiger partial charge in [-0.3, -0.25) is 4.68 Å². The van der Waals surface area contributed by atoms with Crippen LogP contribution in [-0.2, 0) is 7.05 Å². The van der Waals surface area contributed by atoms with Gasteiger partial charge in [0.25, 0.3) is 0 Å². The van der Waals surface area contributed by atoms with Crippen molar-refractivity contribution in [2.45, 2.75) is 0 Å². The fourth-order valence-electron chi connectivity index (χ4n) is 1.24. The van der Waals surface area contributed by atoms with Crippen molar-refractivity contribution < 1.29 is 9.90 Å². The van der Waals surface area contributed by atoms with Gasteiger partial charge in [-0.05, 0) is 0 Å². The summed E-state index contributed by atoms with van der Waals surface area (Å²) in [7, 11) is 1.71. The average Bonchev–Trinajstić information content (AvgIpc) is 2.53. The maximum Gasteiger partial charge on any atom is 0.339 e. The number of nitrogens with one attached hydrogen (secondary N) is 1. The molecule has 0 bridgehead atoms. The first-order chi connectivity index (χ1) is 5.70. The molecule has 62 valence electrons. The lowest BCUT2D eigenvalue weighted by Gasteiger charge is -1.91. The number of H-pyrrole nitrogens is 1.